The highest BCUT2D eigenvalue weighted by atomic mass is 16.6. The Hall–Kier alpha value is -2.90. The van der Waals surface area contributed by atoms with Crippen LogP contribution < -0.4 is 0 Å². The van der Waals surface area contributed by atoms with Gasteiger partial charge in [0.05, 0.1) is 17.7 Å². The third kappa shape index (κ3) is 6.06. The molecule has 3 aliphatic rings. The molecule has 0 radical (unpaired) electrons. The Morgan fingerprint density at radius 2 is 1.70 bits per heavy atom. The summed E-state index contributed by atoms with van der Waals surface area (Å²) >= 11 is 0. The summed E-state index contributed by atoms with van der Waals surface area (Å²) in [7, 11) is 2.06. The number of amides is 2. The fourth-order valence-corrected chi connectivity index (χ4v) is 6.98. The molecule has 3 atom stereocenters. The van der Waals surface area contributed by atoms with Crippen LogP contribution in [-0.2, 0) is 15.1 Å². The van der Waals surface area contributed by atoms with E-state index in [1.54, 1.807) is 18.7 Å². The van der Waals surface area contributed by atoms with Gasteiger partial charge in [-0.05, 0) is 82.7 Å². The molecule has 0 saturated carbocycles. The van der Waals surface area contributed by atoms with E-state index in [4.69, 9.17) is 4.74 Å². The number of nitrogens with zero attached hydrogens (tertiary/aromatic N) is 3. The topological polar surface area (TPSA) is 73.3 Å². The Morgan fingerprint density at radius 3 is 2.27 bits per heavy atom. The number of rotatable bonds is 7. The van der Waals surface area contributed by atoms with Gasteiger partial charge in [-0.2, -0.15) is 0 Å². The van der Waals surface area contributed by atoms with Crippen LogP contribution in [0.4, 0.5) is 4.79 Å². The molecule has 0 aliphatic carbocycles. The maximum absolute atomic E-state index is 13.4. The minimum Gasteiger partial charge on any atom is -0.438 e. The lowest BCUT2D eigenvalue weighted by Crippen LogP contribution is -2.51. The molecule has 2 aromatic rings. The van der Waals surface area contributed by atoms with Crippen LogP contribution in [0.25, 0.3) is 0 Å². The number of ether oxygens (including phenoxy) is 1. The van der Waals surface area contributed by atoms with Gasteiger partial charge >= 0.3 is 6.09 Å². The number of carbonyl (C=O) groups is 2. The number of benzene rings is 2. The maximum atomic E-state index is 13.4. The van der Waals surface area contributed by atoms with Gasteiger partial charge in [-0.3, -0.25) is 9.69 Å². The van der Waals surface area contributed by atoms with Crippen molar-refractivity contribution in [1.29, 1.82) is 0 Å². The van der Waals surface area contributed by atoms with Crippen molar-refractivity contribution < 1.29 is 19.4 Å². The van der Waals surface area contributed by atoms with Gasteiger partial charge in [-0.15, -0.1) is 0 Å². The Morgan fingerprint density at radius 1 is 1.02 bits per heavy atom. The Labute approximate surface area is 239 Å². The second-order valence-electron chi connectivity index (χ2n) is 12.7. The van der Waals surface area contributed by atoms with Crippen LogP contribution in [0.3, 0.4) is 0 Å². The molecule has 3 fully saturated rings. The number of hydrogen-bond acceptors (Lipinski definition) is 5. The zero-order chi connectivity index (χ0) is 28.5. The first-order valence-corrected chi connectivity index (χ1v) is 14.9. The summed E-state index contributed by atoms with van der Waals surface area (Å²) in [6.07, 6.45) is 4.67. The molecule has 2 amide bonds. The van der Waals surface area contributed by atoms with E-state index < -0.39 is 11.2 Å². The minimum atomic E-state index is -0.976. The van der Waals surface area contributed by atoms with Crippen LogP contribution in [0.15, 0.2) is 54.6 Å². The van der Waals surface area contributed by atoms with Crippen LogP contribution >= 0.6 is 0 Å². The molecule has 216 valence electrons. The Bertz CT molecular complexity index is 1170. The molecule has 3 saturated heterocycles. The molecule has 7 nitrogen and oxygen atoms in total. The summed E-state index contributed by atoms with van der Waals surface area (Å²) in [6.45, 7) is 8.78. The number of likely N-dealkylation sites (N-methyl/N-ethyl adjacent to an activating group) is 1. The van der Waals surface area contributed by atoms with E-state index in [0.717, 1.165) is 56.4 Å². The molecule has 0 spiro atoms. The first-order valence-electron chi connectivity index (χ1n) is 14.9. The zero-order valence-corrected chi connectivity index (χ0v) is 24.5. The van der Waals surface area contributed by atoms with Crippen molar-refractivity contribution in [3.05, 3.63) is 71.3 Å². The van der Waals surface area contributed by atoms with Crippen molar-refractivity contribution in [2.45, 2.75) is 88.5 Å². The standard InChI is InChI=1S/C33H45N3O4/c1-24(36-22-18-33(40-31(36)38,23-32(2,3)39)28-9-6-5-7-10-28)25-12-14-26(15-13-25)27-16-20-35(21-17-27)30(37)29-11-8-19-34(29)4/h5-7,9-10,12-15,24,27,29,39H,8,11,16-23H2,1-4H3/t24-,29?,33-/m0/s1. The predicted octanol–water partition coefficient (Wildman–Crippen LogP) is 5.45. The number of aliphatic hydroxyl groups is 1. The molecule has 5 rings (SSSR count). The SMILES string of the molecule is C[C@@H](c1ccc(C2CCN(C(=O)C3CCCN3C)CC2)cc1)N1CC[C@](CC(C)(C)O)(c2ccccc2)OC1=O. The van der Waals surface area contributed by atoms with Gasteiger partial charge in [-0.1, -0.05) is 54.6 Å². The number of carbonyl (C=O) groups excluding carboxylic acids is 2. The van der Waals surface area contributed by atoms with E-state index in [0.29, 0.717) is 31.2 Å². The van der Waals surface area contributed by atoms with Crippen LogP contribution in [-0.4, -0.2) is 76.7 Å². The van der Waals surface area contributed by atoms with E-state index in [9.17, 15) is 14.7 Å². The van der Waals surface area contributed by atoms with Gasteiger partial charge in [0.25, 0.3) is 0 Å². The molecule has 1 N–H and O–H groups in total. The third-order valence-corrected chi connectivity index (χ3v) is 9.26. The summed E-state index contributed by atoms with van der Waals surface area (Å²) in [5.41, 5.74) is 1.48. The molecule has 0 aromatic heterocycles. The van der Waals surface area contributed by atoms with Crippen molar-refractivity contribution in [3.63, 3.8) is 0 Å². The van der Waals surface area contributed by atoms with E-state index in [2.05, 4.69) is 41.1 Å². The lowest BCUT2D eigenvalue weighted by molar-refractivity contribution is -0.136. The van der Waals surface area contributed by atoms with E-state index in [-0.39, 0.29) is 18.2 Å². The molecule has 40 heavy (non-hydrogen) atoms. The summed E-state index contributed by atoms with van der Waals surface area (Å²) in [5.74, 6) is 0.748. The minimum absolute atomic E-state index is 0.0618. The van der Waals surface area contributed by atoms with Gasteiger partial charge in [0.15, 0.2) is 0 Å². The van der Waals surface area contributed by atoms with Gasteiger partial charge in [-0.25, -0.2) is 4.79 Å². The van der Waals surface area contributed by atoms with Crippen LogP contribution in [0.2, 0.25) is 0 Å². The quantitative estimate of drug-likeness (QED) is 0.499. The lowest BCUT2D eigenvalue weighted by atomic mass is 9.80. The molecule has 1 unspecified atom stereocenters. The molecule has 3 heterocycles. The van der Waals surface area contributed by atoms with Crippen molar-refractivity contribution in [1.82, 2.24) is 14.7 Å². The van der Waals surface area contributed by atoms with Gasteiger partial charge in [0, 0.05) is 32.5 Å². The molecule has 3 aliphatic heterocycles. The first-order chi connectivity index (χ1) is 19.1. The van der Waals surface area contributed by atoms with Gasteiger partial charge in [0.1, 0.15) is 5.60 Å². The fourth-order valence-electron chi connectivity index (χ4n) is 6.98. The van der Waals surface area contributed by atoms with E-state index in [1.165, 1.54) is 5.56 Å². The molecule has 2 aromatic carbocycles. The smallest absolute Gasteiger partial charge is 0.411 e. The largest absolute Gasteiger partial charge is 0.438 e. The zero-order valence-electron chi connectivity index (χ0n) is 24.5. The third-order valence-electron chi connectivity index (χ3n) is 9.26. The predicted molar refractivity (Wildman–Crippen MR) is 156 cm³/mol. The van der Waals surface area contributed by atoms with Crippen molar-refractivity contribution in [2.75, 3.05) is 33.2 Å². The highest BCUT2D eigenvalue weighted by molar-refractivity contribution is 5.82. The Balaban J connectivity index is 1.20. The van der Waals surface area contributed by atoms with Gasteiger partial charge in [0.2, 0.25) is 5.91 Å². The number of piperidine rings is 1. The number of likely N-dealkylation sites (tertiary alicyclic amines) is 2. The fraction of sp³-hybridized carbons (Fsp3) is 0.576. The normalized spacial score (nSPS) is 25.6. The summed E-state index contributed by atoms with van der Waals surface area (Å²) in [5, 5.41) is 10.6. The highest BCUT2D eigenvalue weighted by Crippen LogP contribution is 2.42. The first kappa shape index (κ1) is 28.6. The number of hydrogen-bond donors (Lipinski definition) is 1. The van der Waals surface area contributed by atoms with Crippen molar-refractivity contribution in [2.24, 2.45) is 0 Å². The van der Waals surface area contributed by atoms with E-state index >= 15 is 0 Å². The monoisotopic (exact) mass is 547 g/mol. The summed E-state index contributed by atoms with van der Waals surface area (Å²) in [6, 6.07) is 18.4. The van der Waals surface area contributed by atoms with Crippen LogP contribution in [0.1, 0.15) is 87.9 Å². The van der Waals surface area contributed by atoms with Gasteiger partial charge < -0.3 is 19.6 Å². The second kappa shape index (κ2) is 11.5. The second-order valence-corrected chi connectivity index (χ2v) is 12.7. The highest BCUT2D eigenvalue weighted by Gasteiger charge is 2.46. The van der Waals surface area contributed by atoms with E-state index in [1.807, 2.05) is 37.3 Å². The molecular formula is C33H45N3O4. The molecule has 7 heteroatoms. The van der Waals surface area contributed by atoms with Crippen molar-refractivity contribution in [3.8, 4) is 0 Å². The van der Waals surface area contributed by atoms with Crippen LogP contribution in [0, 0.1) is 0 Å². The maximum Gasteiger partial charge on any atom is 0.411 e. The van der Waals surface area contributed by atoms with Crippen LogP contribution in [0.5, 0.6) is 0 Å². The summed E-state index contributed by atoms with van der Waals surface area (Å²) < 4.78 is 6.17. The van der Waals surface area contributed by atoms with Crippen molar-refractivity contribution >= 4 is 12.0 Å². The average molecular weight is 548 g/mol. The molecule has 0 bridgehead atoms. The summed E-state index contributed by atoms with van der Waals surface area (Å²) in [4.78, 5) is 32.4. The molecular weight excluding hydrogens is 502 g/mol. The lowest BCUT2D eigenvalue weighted by Gasteiger charge is -2.45. The number of cyclic esters (lactones) is 1. The average Bonchev–Trinajstić information content (AvgIpc) is 3.38. The Kier molecular flexibility index (Phi) is 8.25.